The summed E-state index contributed by atoms with van der Waals surface area (Å²) in [6.45, 7) is 1.36. The van der Waals surface area contributed by atoms with Gasteiger partial charge in [0.15, 0.2) is 5.13 Å². The van der Waals surface area contributed by atoms with Crippen molar-refractivity contribution < 1.29 is 22.0 Å². The fourth-order valence-electron chi connectivity index (χ4n) is 3.94. The molecule has 4 rings (SSSR count). The topological polar surface area (TPSA) is 73.8 Å². The summed E-state index contributed by atoms with van der Waals surface area (Å²) in [5.74, 6) is -1.45. The molecule has 0 spiro atoms. The van der Waals surface area contributed by atoms with E-state index in [0.717, 1.165) is 12.1 Å². The number of hydrogen-bond acceptors (Lipinski definition) is 6. The lowest BCUT2D eigenvalue weighted by molar-refractivity contribution is -0.123. The van der Waals surface area contributed by atoms with Crippen LogP contribution < -0.4 is 4.90 Å². The highest BCUT2D eigenvalue weighted by Gasteiger charge is 2.35. The summed E-state index contributed by atoms with van der Waals surface area (Å²) >= 11 is 1.27. The number of sulfonamides is 1. The Labute approximate surface area is 201 Å². The van der Waals surface area contributed by atoms with Crippen LogP contribution in [0.25, 0.3) is 10.2 Å². The summed E-state index contributed by atoms with van der Waals surface area (Å²) in [6, 6.07) is 9.46. The van der Waals surface area contributed by atoms with E-state index in [4.69, 9.17) is 0 Å². The molecule has 1 amide bonds. The Morgan fingerprint density at radius 3 is 2.38 bits per heavy atom. The van der Waals surface area contributed by atoms with Gasteiger partial charge in [0.05, 0.1) is 9.60 Å². The molecule has 1 aliphatic rings. The first-order valence-corrected chi connectivity index (χ1v) is 13.2. The van der Waals surface area contributed by atoms with Crippen molar-refractivity contribution in [3.63, 3.8) is 0 Å². The molecular formula is C23H26F2N4O3S2. The van der Waals surface area contributed by atoms with E-state index in [0.29, 0.717) is 35.8 Å². The van der Waals surface area contributed by atoms with Crippen molar-refractivity contribution in [2.75, 3.05) is 45.2 Å². The quantitative estimate of drug-likeness (QED) is 0.488. The van der Waals surface area contributed by atoms with E-state index in [1.807, 2.05) is 19.0 Å². The van der Waals surface area contributed by atoms with Crippen LogP contribution in [0.5, 0.6) is 0 Å². The number of piperidine rings is 1. The zero-order valence-corrected chi connectivity index (χ0v) is 20.6. The lowest BCUT2D eigenvalue weighted by Crippen LogP contribution is -2.46. The third-order valence-corrected chi connectivity index (χ3v) is 8.84. The Morgan fingerprint density at radius 2 is 1.76 bits per heavy atom. The molecule has 1 aliphatic heterocycles. The maximum atomic E-state index is 14.2. The van der Waals surface area contributed by atoms with Crippen molar-refractivity contribution in [1.29, 1.82) is 0 Å². The number of anilines is 1. The Balaban J connectivity index is 1.51. The van der Waals surface area contributed by atoms with E-state index in [9.17, 15) is 22.0 Å². The van der Waals surface area contributed by atoms with Crippen molar-refractivity contribution in [2.24, 2.45) is 5.92 Å². The van der Waals surface area contributed by atoms with Gasteiger partial charge in [-0.05, 0) is 63.3 Å². The van der Waals surface area contributed by atoms with Crippen molar-refractivity contribution in [2.45, 2.75) is 17.7 Å². The predicted octanol–water partition coefficient (Wildman–Crippen LogP) is 3.57. The molecule has 0 atom stereocenters. The van der Waals surface area contributed by atoms with Gasteiger partial charge in [-0.3, -0.25) is 9.69 Å². The van der Waals surface area contributed by atoms with Crippen LogP contribution in [-0.4, -0.2) is 68.8 Å². The van der Waals surface area contributed by atoms with E-state index < -0.39 is 21.7 Å². The number of fused-ring (bicyclic) bond motifs is 1. The summed E-state index contributed by atoms with van der Waals surface area (Å²) in [5.41, 5.74) is 0.241. The zero-order valence-electron chi connectivity index (χ0n) is 18.9. The van der Waals surface area contributed by atoms with Gasteiger partial charge in [-0.2, -0.15) is 4.31 Å². The molecule has 0 unspecified atom stereocenters. The average molecular weight is 509 g/mol. The maximum Gasteiger partial charge on any atom is 0.243 e. The van der Waals surface area contributed by atoms with E-state index in [2.05, 4.69) is 4.98 Å². The van der Waals surface area contributed by atoms with Crippen LogP contribution in [0, 0.1) is 17.6 Å². The number of amides is 1. The molecule has 2 aromatic carbocycles. The van der Waals surface area contributed by atoms with Crippen molar-refractivity contribution in [3.8, 4) is 0 Å². The summed E-state index contributed by atoms with van der Waals surface area (Å²) in [6.07, 6.45) is 0.716. The van der Waals surface area contributed by atoms with Gasteiger partial charge < -0.3 is 4.90 Å². The molecule has 11 heteroatoms. The van der Waals surface area contributed by atoms with Gasteiger partial charge in [0.2, 0.25) is 15.9 Å². The van der Waals surface area contributed by atoms with E-state index in [1.165, 1.54) is 33.8 Å². The van der Waals surface area contributed by atoms with E-state index >= 15 is 0 Å². The van der Waals surface area contributed by atoms with Gasteiger partial charge in [0.25, 0.3) is 0 Å². The van der Waals surface area contributed by atoms with Gasteiger partial charge in [0.1, 0.15) is 17.2 Å². The average Bonchev–Trinajstić information content (AvgIpc) is 3.24. The molecule has 2 heterocycles. The second kappa shape index (κ2) is 10.0. The van der Waals surface area contributed by atoms with Crippen LogP contribution >= 0.6 is 11.3 Å². The minimum atomic E-state index is -3.76. The highest BCUT2D eigenvalue weighted by molar-refractivity contribution is 7.89. The first-order valence-electron chi connectivity index (χ1n) is 10.9. The Bertz CT molecular complexity index is 1270. The van der Waals surface area contributed by atoms with Gasteiger partial charge >= 0.3 is 0 Å². The number of halogens is 2. The third-order valence-electron chi connectivity index (χ3n) is 5.88. The predicted molar refractivity (Wildman–Crippen MR) is 128 cm³/mol. The molecule has 0 bridgehead atoms. The second-order valence-electron chi connectivity index (χ2n) is 8.51. The summed E-state index contributed by atoms with van der Waals surface area (Å²) in [5, 5.41) is 0.438. The number of nitrogens with zero attached hydrogens (tertiary/aromatic N) is 4. The molecule has 3 aromatic rings. The maximum absolute atomic E-state index is 14.2. The van der Waals surface area contributed by atoms with Gasteiger partial charge in [-0.25, -0.2) is 22.2 Å². The van der Waals surface area contributed by atoms with Crippen LogP contribution in [0.3, 0.4) is 0 Å². The lowest BCUT2D eigenvalue weighted by atomic mass is 9.96. The zero-order chi connectivity index (χ0) is 24.5. The van der Waals surface area contributed by atoms with Crippen LogP contribution in [0.15, 0.2) is 47.4 Å². The normalized spacial score (nSPS) is 15.8. The fourth-order valence-corrected chi connectivity index (χ4v) is 6.42. The molecule has 0 aliphatic carbocycles. The number of rotatable bonds is 7. The van der Waals surface area contributed by atoms with Gasteiger partial charge in [0, 0.05) is 32.1 Å². The highest BCUT2D eigenvalue weighted by Crippen LogP contribution is 2.33. The lowest BCUT2D eigenvalue weighted by Gasteiger charge is -2.33. The Hall–Kier alpha value is -2.47. The van der Waals surface area contributed by atoms with E-state index in [1.54, 1.807) is 17.0 Å². The first kappa shape index (κ1) is 24.6. The molecular weight excluding hydrogens is 482 g/mol. The number of hydrogen-bond donors (Lipinski definition) is 0. The van der Waals surface area contributed by atoms with Gasteiger partial charge in [-0.15, -0.1) is 0 Å². The molecule has 0 N–H and O–H groups in total. The number of thiazole rings is 1. The molecule has 1 aromatic heterocycles. The summed E-state index contributed by atoms with van der Waals surface area (Å²) < 4.78 is 55.2. The molecule has 34 heavy (non-hydrogen) atoms. The SMILES string of the molecule is CN(C)CCN(C(=O)C1CCN(S(=O)(=O)c2ccc(F)cc2)CC1)c1nc2c(F)cccc2s1. The molecule has 1 fully saturated rings. The van der Waals surface area contributed by atoms with Crippen molar-refractivity contribution in [3.05, 3.63) is 54.1 Å². The Kier molecular flexibility index (Phi) is 7.27. The number of carbonyl (C=O) groups excluding carboxylic acids is 1. The van der Waals surface area contributed by atoms with Crippen molar-refractivity contribution >= 4 is 42.6 Å². The van der Waals surface area contributed by atoms with Crippen molar-refractivity contribution in [1.82, 2.24) is 14.2 Å². The first-order chi connectivity index (χ1) is 16.2. The summed E-state index contributed by atoms with van der Waals surface area (Å²) in [4.78, 5) is 21.5. The van der Waals surface area contributed by atoms with Crippen LogP contribution in [0.4, 0.5) is 13.9 Å². The molecule has 7 nitrogen and oxygen atoms in total. The van der Waals surface area contributed by atoms with Crippen LogP contribution in [0.2, 0.25) is 0 Å². The third kappa shape index (κ3) is 5.12. The number of aromatic nitrogens is 1. The minimum absolute atomic E-state index is 0.0304. The van der Waals surface area contributed by atoms with Crippen LogP contribution in [-0.2, 0) is 14.8 Å². The molecule has 0 radical (unpaired) electrons. The number of para-hydroxylation sites is 1. The van der Waals surface area contributed by atoms with Gasteiger partial charge in [-0.1, -0.05) is 17.4 Å². The smallest absolute Gasteiger partial charge is 0.243 e. The largest absolute Gasteiger partial charge is 0.308 e. The molecule has 182 valence electrons. The minimum Gasteiger partial charge on any atom is -0.308 e. The highest BCUT2D eigenvalue weighted by atomic mass is 32.2. The second-order valence-corrected chi connectivity index (χ2v) is 11.5. The number of likely N-dealkylation sites (N-methyl/N-ethyl adjacent to an activating group) is 1. The standard InChI is InChI=1S/C23H26F2N4O3S2/c1-27(2)14-15-29(23-26-21-19(25)4-3-5-20(21)33-23)22(30)16-10-12-28(13-11-16)34(31,32)18-8-6-17(24)7-9-18/h3-9,16H,10-15H2,1-2H3. The fraction of sp³-hybridized carbons (Fsp3) is 0.391. The number of benzene rings is 2. The molecule has 1 saturated heterocycles. The van der Waals surface area contributed by atoms with E-state index in [-0.39, 0.29) is 35.3 Å². The Morgan fingerprint density at radius 1 is 1.09 bits per heavy atom. The van der Waals surface area contributed by atoms with Crippen LogP contribution in [0.1, 0.15) is 12.8 Å². The monoisotopic (exact) mass is 508 g/mol. The number of carbonyl (C=O) groups is 1. The summed E-state index contributed by atoms with van der Waals surface area (Å²) in [7, 11) is 0.0437. The molecule has 0 saturated carbocycles.